The Morgan fingerprint density at radius 1 is 1.19 bits per heavy atom. The molecule has 0 amide bonds. The fourth-order valence-corrected chi connectivity index (χ4v) is 2.91. The maximum absolute atomic E-state index is 13.2. The molecule has 5 heteroatoms. The van der Waals surface area contributed by atoms with E-state index in [1.807, 2.05) is 0 Å². The Labute approximate surface area is 121 Å². The first kappa shape index (κ1) is 16.0. The zero-order chi connectivity index (χ0) is 15.6. The van der Waals surface area contributed by atoms with E-state index in [0.717, 1.165) is 5.56 Å². The molecule has 0 aromatic heterocycles. The Hall–Kier alpha value is -1.39. The molecule has 1 aromatic carbocycles. The van der Waals surface area contributed by atoms with Crippen molar-refractivity contribution in [1.29, 1.82) is 0 Å². The van der Waals surface area contributed by atoms with E-state index in [2.05, 4.69) is 0 Å². The molecule has 1 fully saturated rings. The first-order valence-corrected chi connectivity index (χ1v) is 7.12. The van der Waals surface area contributed by atoms with E-state index in [-0.39, 0.29) is 43.8 Å². The summed E-state index contributed by atoms with van der Waals surface area (Å²) in [7, 11) is 0. The first-order chi connectivity index (χ1) is 9.77. The van der Waals surface area contributed by atoms with Crippen LogP contribution >= 0.6 is 0 Å². The number of benzene rings is 1. The zero-order valence-electron chi connectivity index (χ0n) is 11.8. The van der Waals surface area contributed by atoms with Crippen LogP contribution in [0.25, 0.3) is 0 Å². The predicted molar refractivity (Wildman–Crippen MR) is 71.4 cm³/mol. The molecule has 0 unspecified atom stereocenters. The summed E-state index contributed by atoms with van der Waals surface area (Å²) in [4.78, 5) is 12.2. The Morgan fingerprint density at radius 2 is 1.81 bits per heavy atom. The van der Waals surface area contributed by atoms with Crippen molar-refractivity contribution in [2.24, 2.45) is 11.8 Å². The standard InChI is InChI=1S/C16H18F4O/c1-10-2-7-14(17)8-12(10)9-15(21)11-3-5-13(6-4-11)16(18,19)20/h2,7-8,11,13H,3-6,9H2,1H3. The first-order valence-electron chi connectivity index (χ1n) is 7.12. The van der Waals surface area contributed by atoms with Gasteiger partial charge in [0.05, 0.1) is 5.92 Å². The number of rotatable bonds is 3. The second-order valence-electron chi connectivity index (χ2n) is 5.80. The van der Waals surface area contributed by atoms with Crippen molar-refractivity contribution in [3.8, 4) is 0 Å². The molecule has 1 nitrogen and oxygen atoms in total. The highest BCUT2D eigenvalue weighted by Crippen LogP contribution is 2.40. The number of halogens is 4. The number of hydrogen-bond acceptors (Lipinski definition) is 1. The summed E-state index contributed by atoms with van der Waals surface area (Å²) in [5.74, 6) is -2.09. The molecule has 0 heterocycles. The lowest BCUT2D eigenvalue weighted by Crippen LogP contribution is -2.30. The van der Waals surface area contributed by atoms with Crippen LogP contribution < -0.4 is 0 Å². The number of carbonyl (C=O) groups excluding carboxylic acids is 1. The molecule has 0 aliphatic heterocycles. The van der Waals surface area contributed by atoms with Crippen molar-refractivity contribution in [2.45, 2.75) is 45.2 Å². The predicted octanol–water partition coefficient (Wildman–Crippen LogP) is 4.61. The minimum absolute atomic E-state index is 0.0159. The molecule has 1 saturated carbocycles. The summed E-state index contributed by atoms with van der Waals surface area (Å²) in [6.07, 6.45) is -3.48. The number of hydrogen-bond donors (Lipinski definition) is 0. The molecule has 0 radical (unpaired) electrons. The summed E-state index contributed by atoms with van der Waals surface area (Å²) in [6.45, 7) is 1.79. The van der Waals surface area contributed by atoms with Gasteiger partial charge >= 0.3 is 6.18 Å². The van der Waals surface area contributed by atoms with E-state index >= 15 is 0 Å². The van der Waals surface area contributed by atoms with Crippen LogP contribution in [0.4, 0.5) is 17.6 Å². The third-order valence-corrected chi connectivity index (χ3v) is 4.32. The maximum atomic E-state index is 13.2. The average molecular weight is 302 g/mol. The lowest BCUT2D eigenvalue weighted by Gasteiger charge is -2.29. The fraction of sp³-hybridized carbons (Fsp3) is 0.562. The van der Waals surface area contributed by atoms with Gasteiger partial charge in [-0.05, 0) is 55.9 Å². The van der Waals surface area contributed by atoms with Crippen LogP contribution in [0, 0.1) is 24.6 Å². The Bertz CT molecular complexity index is 513. The van der Waals surface area contributed by atoms with Gasteiger partial charge in [0.15, 0.2) is 0 Å². The van der Waals surface area contributed by atoms with Crippen LogP contribution in [0.15, 0.2) is 18.2 Å². The number of carbonyl (C=O) groups is 1. The van der Waals surface area contributed by atoms with Gasteiger partial charge in [0.1, 0.15) is 11.6 Å². The lowest BCUT2D eigenvalue weighted by molar-refractivity contribution is -0.184. The Kier molecular flexibility index (Phi) is 4.69. The molecule has 1 aliphatic carbocycles. The zero-order valence-corrected chi connectivity index (χ0v) is 11.8. The van der Waals surface area contributed by atoms with Crippen LogP contribution in [-0.2, 0) is 11.2 Å². The van der Waals surface area contributed by atoms with Gasteiger partial charge in [0, 0.05) is 12.3 Å². The van der Waals surface area contributed by atoms with Crippen molar-refractivity contribution in [1.82, 2.24) is 0 Å². The third kappa shape index (κ3) is 4.05. The van der Waals surface area contributed by atoms with Crippen molar-refractivity contribution in [3.05, 3.63) is 35.1 Å². The molecule has 2 rings (SSSR count). The molecule has 1 aliphatic rings. The summed E-state index contributed by atoms with van der Waals surface area (Å²) >= 11 is 0. The number of Topliss-reactive ketones (excluding diaryl/α,β-unsaturated/α-hetero) is 1. The molecule has 21 heavy (non-hydrogen) atoms. The number of alkyl halides is 3. The highest BCUT2D eigenvalue weighted by atomic mass is 19.4. The Morgan fingerprint density at radius 3 is 2.38 bits per heavy atom. The summed E-state index contributed by atoms with van der Waals surface area (Å²) in [6, 6.07) is 4.27. The molecule has 0 bridgehead atoms. The van der Waals surface area contributed by atoms with E-state index in [4.69, 9.17) is 0 Å². The van der Waals surface area contributed by atoms with E-state index in [9.17, 15) is 22.4 Å². The topological polar surface area (TPSA) is 17.1 Å². The fourth-order valence-electron chi connectivity index (χ4n) is 2.91. The quantitative estimate of drug-likeness (QED) is 0.745. The van der Waals surface area contributed by atoms with Gasteiger partial charge in [-0.2, -0.15) is 13.2 Å². The van der Waals surface area contributed by atoms with Gasteiger partial charge in [-0.15, -0.1) is 0 Å². The van der Waals surface area contributed by atoms with E-state index in [1.165, 1.54) is 12.1 Å². The van der Waals surface area contributed by atoms with Crippen LogP contribution in [0.5, 0.6) is 0 Å². The second kappa shape index (κ2) is 6.16. The normalized spacial score (nSPS) is 23.1. The number of aryl methyl sites for hydroxylation is 1. The van der Waals surface area contributed by atoms with Gasteiger partial charge in [0.25, 0.3) is 0 Å². The molecular weight excluding hydrogens is 284 g/mol. The summed E-state index contributed by atoms with van der Waals surface area (Å²) in [5.41, 5.74) is 1.45. The van der Waals surface area contributed by atoms with Crippen LogP contribution in [0.3, 0.4) is 0 Å². The molecule has 0 atom stereocenters. The summed E-state index contributed by atoms with van der Waals surface area (Å²) < 4.78 is 50.9. The molecular formula is C16H18F4O. The van der Waals surface area contributed by atoms with E-state index in [1.54, 1.807) is 13.0 Å². The van der Waals surface area contributed by atoms with Crippen molar-refractivity contribution in [3.63, 3.8) is 0 Å². The van der Waals surface area contributed by atoms with E-state index in [0.29, 0.717) is 5.56 Å². The largest absolute Gasteiger partial charge is 0.391 e. The Balaban J connectivity index is 1.95. The maximum Gasteiger partial charge on any atom is 0.391 e. The average Bonchev–Trinajstić information content (AvgIpc) is 2.42. The van der Waals surface area contributed by atoms with Crippen molar-refractivity contribution >= 4 is 5.78 Å². The molecule has 0 saturated heterocycles. The SMILES string of the molecule is Cc1ccc(F)cc1CC(=O)C1CCC(C(F)(F)F)CC1. The monoisotopic (exact) mass is 302 g/mol. The van der Waals surface area contributed by atoms with Crippen LogP contribution in [-0.4, -0.2) is 12.0 Å². The minimum atomic E-state index is -4.16. The number of ketones is 1. The second-order valence-corrected chi connectivity index (χ2v) is 5.80. The van der Waals surface area contributed by atoms with Crippen LogP contribution in [0.2, 0.25) is 0 Å². The van der Waals surface area contributed by atoms with Gasteiger partial charge in [0.2, 0.25) is 0 Å². The smallest absolute Gasteiger partial charge is 0.299 e. The molecule has 116 valence electrons. The highest BCUT2D eigenvalue weighted by molar-refractivity contribution is 5.83. The van der Waals surface area contributed by atoms with Gasteiger partial charge in [-0.1, -0.05) is 6.07 Å². The molecule has 0 spiro atoms. The third-order valence-electron chi connectivity index (χ3n) is 4.32. The van der Waals surface area contributed by atoms with Gasteiger partial charge < -0.3 is 0 Å². The lowest BCUT2D eigenvalue weighted by atomic mass is 9.78. The van der Waals surface area contributed by atoms with Crippen LogP contribution in [0.1, 0.15) is 36.8 Å². The van der Waals surface area contributed by atoms with Gasteiger partial charge in [-0.3, -0.25) is 4.79 Å². The van der Waals surface area contributed by atoms with Crippen molar-refractivity contribution < 1.29 is 22.4 Å². The highest BCUT2D eigenvalue weighted by Gasteiger charge is 2.42. The van der Waals surface area contributed by atoms with E-state index < -0.39 is 17.9 Å². The summed E-state index contributed by atoms with van der Waals surface area (Å²) in [5, 5.41) is 0. The minimum Gasteiger partial charge on any atom is -0.299 e. The molecule has 0 N–H and O–H groups in total. The molecule has 1 aromatic rings. The van der Waals surface area contributed by atoms with Gasteiger partial charge in [-0.25, -0.2) is 4.39 Å². The van der Waals surface area contributed by atoms with Crippen molar-refractivity contribution in [2.75, 3.05) is 0 Å².